The van der Waals surface area contributed by atoms with E-state index in [0.717, 1.165) is 24.0 Å². The number of hydrogen-bond donors (Lipinski definition) is 1. The molecule has 2 nitrogen and oxygen atoms in total. The second-order valence-electron chi connectivity index (χ2n) is 4.71. The van der Waals surface area contributed by atoms with Gasteiger partial charge in [-0.25, -0.2) is 0 Å². The molecule has 0 amide bonds. The van der Waals surface area contributed by atoms with Gasteiger partial charge in [-0.1, -0.05) is 37.3 Å². The van der Waals surface area contributed by atoms with E-state index in [4.69, 9.17) is 0 Å². The molecule has 0 fully saturated rings. The van der Waals surface area contributed by atoms with Gasteiger partial charge in [-0.2, -0.15) is 0 Å². The van der Waals surface area contributed by atoms with E-state index in [9.17, 15) is 9.90 Å². The third-order valence-electron chi connectivity index (χ3n) is 3.32. The fourth-order valence-corrected chi connectivity index (χ4v) is 2.27. The summed E-state index contributed by atoms with van der Waals surface area (Å²) in [7, 11) is 0. The Kier molecular flexibility index (Phi) is 4.00. The number of rotatable bonds is 4. The van der Waals surface area contributed by atoms with Crippen molar-refractivity contribution in [3.05, 3.63) is 64.7 Å². The van der Waals surface area contributed by atoms with E-state index >= 15 is 0 Å². The molecule has 0 saturated heterocycles. The van der Waals surface area contributed by atoms with Crippen LogP contribution in [-0.4, -0.2) is 10.9 Å². The first-order valence-corrected chi connectivity index (χ1v) is 6.51. The number of hydrogen-bond acceptors (Lipinski definition) is 2. The molecule has 0 radical (unpaired) electrons. The van der Waals surface area contributed by atoms with Crippen LogP contribution < -0.4 is 0 Å². The number of carbonyl (C=O) groups excluding carboxylic acids is 1. The molecule has 2 heteroatoms. The molecule has 0 saturated carbocycles. The van der Waals surface area contributed by atoms with Crippen LogP contribution in [0.25, 0.3) is 0 Å². The smallest absolute Gasteiger partial charge is 0.163 e. The first kappa shape index (κ1) is 13.3. The highest BCUT2D eigenvalue weighted by Crippen LogP contribution is 2.25. The second kappa shape index (κ2) is 5.70. The number of aryl methyl sites for hydroxylation is 1. The lowest BCUT2D eigenvalue weighted by Gasteiger charge is -2.11. The highest BCUT2D eigenvalue weighted by molar-refractivity contribution is 5.97. The van der Waals surface area contributed by atoms with E-state index in [-0.39, 0.29) is 11.5 Å². The number of carbonyl (C=O) groups is 1. The summed E-state index contributed by atoms with van der Waals surface area (Å²) >= 11 is 0. The lowest BCUT2D eigenvalue weighted by molar-refractivity contribution is 0.101. The van der Waals surface area contributed by atoms with Crippen LogP contribution >= 0.6 is 0 Å². The number of benzene rings is 2. The Labute approximate surface area is 113 Å². The van der Waals surface area contributed by atoms with Gasteiger partial charge in [0.1, 0.15) is 5.75 Å². The van der Waals surface area contributed by atoms with Gasteiger partial charge >= 0.3 is 0 Å². The summed E-state index contributed by atoms with van der Waals surface area (Å²) in [5.74, 6) is -0.0179. The summed E-state index contributed by atoms with van der Waals surface area (Å²) in [5, 5.41) is 9.86. The molecule has 0 atom stereocenters. The number of phenols is 1. The molecule has 0 aliphatic rings. The zero-order chi connectivity index (χ0) is 13.8. The maximum absolute atomic E-state index is 11.5. The van der Waals surface area contributed by atoms with Crippen molar-refractivity contribution in [3.8, 4) is 5.75 Å². The Morgan fingerprint density at radius 3 is 2.37 bits per heavy atom. The quantitative estimate of drug-likeness (QED) is 0.844. The summed E-state index contributed by atoms with van der Waals surface area (Å²) < 4.78 is 0. The van der Waals surface area contributed by atoms with Gasteiger partial charge in [0.05, 0.1) is 5.56 Å². The number of aromatic hydroxyl groups is 1. The second-order valence-corrected chi connectivity index (χ2v) is 4.71. The van der Waals surface area contributed by atoms with Gasteiger partial charge in [0.25, 0.3) is 0 Å². The highest BCUT2D eigenvalue weighted by Gasteiger charge is 2.11. The van der Waals surface area contributed by atoms with Gasteiger partial charge in [-0.3, -0.25) is 4.79 Å². The maximum Gasteiger partial charge on any atom is 0.163 e. The predicted molar refractivity (Wildman–Crippen MR) is 76.7 cm³/mol. The Morgan fingerprint density at radius 1 is 1.11 bits per heavy atom. The first-order chi connectivity index (χ1) is 9.11. The topological polar surface area (TPSA) is 37.3 Å². The summed E-state index contributed by atoms with van der Waals surface area (Å²) in [5.41, 5.74) is 3.81. The van der Waals surface area contributed by atoms with Gasteiger partial charge in [0.2, 0.25) is 0 Å². The van der Waals surface area contributed by atoms with E-state index in [1.165, 1.54) is 12.5 Å². The van der Waals surface area contributed by atoms with Crippen molar-refractivity contribution in [1.29, 1.82) is 0 Å². The third kappa shape index (κ3) is 3.02. The Hall–Kier alpha value is -2.09. The monoisotopic (exact) mass is 254 g/mol. The number of Topliss-reactive ketones (excluding diaryl/α,β-unsaturated/α-hetero) is 1. The molecule has 0 bridgehead atoms. The molecule has 2 aromatic rings. The molecule has 0 spiro atoms. The fraction of sp³-hybridized carbons (Fsp3) is 0.235. The molecule has 0 heterocycles. The van der Waals surface area contributed by atoms with Crippen LogP contribution in [0, 0.1) is 0 Å². The number of ketones is 1. The summed E-state index contributed by atoms with van der Waals surface area (Å²) in [6.07, 6.45) is 1.62. The summed E-state index contributed by atoms with van der Waals surface area (Å²) in [4.78, 5) is 11.5. The normalized spacial score (nSPS) is 10.4. The maximum atomic E-state index is 11.5. The average Bonchev–Trinajstić information content (AvgIpc) is 2.41. The van der Waals surface area contributed by atoms with E-state index in [1.807, 2.05) is 24.3 Å². The molecule has 1 N–H and O–H groups in total. The molecule has 2 rings (SSSR count). The lowest BCUT2D eigenvalue weighted by atomic mass is 9.94. The Bertz CT molecular complexity index is 586. The van der Waals surface area contributed by atoms with Crippen LogP contribution in [0.5, 0.6) is 5.75 Å². The van der Waals surface area contributed by atoms with Crippen molar-refractivity contribution >= 4 is 5.78 Å². The van der Waals surface area contributed by atoms with Crippen LogP contribution in [-0.2, 0) is 12.8 Å². The molecule has 0 unspecified atom stereocenters. The van der Waals surface area contributed by atoms with E-state index in [0.29, 0.717) is 5.56 Å². The fourth-order valence-electron chi connectivity index (χ4n) is 2.27. The van der Waals surface area contributed by atoms with Crippen molar-refractivity contribution < 1.29 is 9.90 Å². The number of phenolic OH excluding ortho intramolecular Hbond substituents is 1. The van der Waals surface area contributed by atoms with E-state index in [2.05, 4.69) is 19.1 Å². The molecular weight excluding hydrogens is 236 g/mol. The van der Waals surface area contributed by atoms with Crippen molar-refractivity contribution in [2.45, 2.75) is 26.7 Å². The molecule has 0 aliphatic heterocycles. The predicted octanol–water partition coefficient (Wildman–Crippen LogP) is 3.75. The minimum Gasteiger partial charge on any atom is -0.507 e. The van der Waals surface area contributed by atoms with Crippen LogP contribution in [0.3, 0.4) is 0 Å². The van der Waals surface area contributed by atoms with E-state index in [1.54, 1.807) is 6.07 Å². The molecule has 98 valence electrons. The Balaban J connectivity index is 2.43. The lowest BCUT2D eigenvalue weighted by Crippen LogP contribution is -2.00. The van der Waals surface area contributed by atoms with Gasteiger partial charge in [-0.15, -0.1) is 0 Å². The van der Waals surface area contributed by atoms with E-state index < -0.39 is 0 Å². The molecule has 0 aliphatic carbocycles. The van der Waals surface area contributed by atoms with Crippen LogP contribution in [0.1, 0.15) is 40.9 Å². The Morgan fingerprint density at radius 2 is 1.79 bits per heavy atom. The first-order valence-electron chi connectivity index (χ1n) is 6.51. The average molecular weight is 254 g/mol. The standard InChI is InChI=1S/C17H18O2/c1-3-14-11-17(19)16(12(2)18)10-15(14)9-13-7-5-4-6-8-13/h4-8,10-11,19H,3,9H2,1-2H3. The third-order valence-corrected chi connectivity index (χ3v) is 3.32. The van der Waals surface area contributed by atoms with Gasteiger partial charge in [0, 0.05) is 0 Å². The summed E-state index contributed by atoms with van der Waals surface area (Å²) in [6, 6.07) is 13.7. The van der Waals surface area contributed by atoms with Crippen molar-refractivity contribution in [1.82, 2.24) is 0 Å². The molecular formula is C17H18O2. The SMILES string of the molecule is CCc1cc(O)c(C(C)=O)cc1Cc1ccccc1. The van der Waals surface area contributed by atoms with Crippen molar-refractivity contribution in [3.63, 3.8) is 0 Å². The zero-order valence-corrected chi connectivity index (χ0v) is 11.3. The minimum absolute atomic E-state index is 0.0844. The van der Waals surface area contributed by atoms with Crippen LogP contribution in [0.2, 0.25) is 0 Å². The minimum atomic E-state index is -0.102. The highest BCUT2D eigenvalue weighted by atomic mass is 16.3. The molecule has 0 aromatic heterocycles. The molecule has 19 heavy (non-hydrogen) atoms. The zero-order valence-electron chi connectivity index (χ0n) is 11.3. The van der Waals surface area contributed by atoms with Crippen molar-refractivity contribution in [2.24, 2.45) is 0 Å². The molecule has 2 aromatic carbocycles. The van der Waals surface area contributed by atoms with Gasteiger partial charge < -0.3 is 5.11 Å². The largest absolute Gasteiger partial charge is 0.507 e. The van der Waals surface area contributed by atoms with Gasteiger partial charge in [0.15, 0.2) is 5.78 Å². The van der Waals surface area contributed by atoms with Crippen molar-refractivity contribution in [2.75, 3.05) is 0 Å². The van der Waals surface area contributed by atoms with Gasteiger partial charge in [-0.05, 0) is 48.6 Å². The summed E-state index contributed by atoms with van der Waals surface area (Å²) in [6.45, 7) is 3.53. The van der Waals surface area contributed by atoms with Crippen LogP contribution in [0.4, 0.5) is 0 Å². The van der Waals surface area contributed by atoms with Crippen LogP contribution in [0.15, 0.2) is 42.5 Å².